The summed E-state index contributed by atoms with van der Waals surface area (Å²) < 4.78 is 0. The van der Waals surface area contributed by atoms with Gasteiger partial charge in [-0.15, -0.1) is 0 Å². The van der Waals surface area contributed by atoms with E-state index in [1.165, 1.54) is 22.3 Å². The van der Waals surface area contributed by atoms with Gasteiger partial charge in [-0.05, 0) is 48.9 Å². The Kier molecular flexibility index (Phi) is 6.35. The largest absolute Gasteiger partial charge is 0.368 e. The van der Waals surface area contributed by atoms with Crippen molar-refractivity contribution in [1.29, 1.82) is 0 Å². The summed E-state index contributed by atoms with van der Waals surface area (Å²) in [5.74, 6) is -0.601. The van der Waals surface area contributed by atoms with Crippen molar-refractivity contribution in [3.63, 3.8) is 0 Å². The first kappa shape index (κ1) is 22.6. The quantitative estimate of drug-likeness (QED) is 0.452. The molecular formula is C27H24ClN3O2S. The number of aryl methyl sites for hydroxylation is 1. The number of piperazine rings is 1. The molecule has 7 heteroatoms. The standard InChI is InChI=1S/C27H24ClN3O2S/c1-19-12-13-21(18-23(19)28)31-26(32)24(25(27(31)33)34-22-10-6-3-7-11-22)30-16-14-29(15-17-30)20-8-4-2-5-9-20/h2-13,18H,14-17H2,1H3. The number of carbonyl (C=O) groups is 2. The zero-order valence-electron chi connectivity index (χ0n) is 18.8. The van der Waals surface area contributed by atoms with E-state index in [0.717, 1.165) is 23.5 Å². The third-order valence-electron chi connectivity index (χ3n) is 6.11. The lowest BCUT2D eigenvalue weighted by molar-refractivity contribution is -0.121. The van der Waals surface area contributed by atoms with Crippen LogP contribution in [0.2, 0.25) is 5.02 Å². The maximum atomic E-state index is 13.7. The number of anilines is 2. The predicted octanol–water partition coefficient (Wildman–Crippen LogP) is 5.35. The molecule has 172 valence electrons. The number of halogens is 1. The molecule has 0 unspecified atom stereocenters. The summed E-state index contributed by atoms with van der Waals surface area (Å²) in [4.78, 5) is 34.3. The Balaban J connectivity index is 1.46. The van der Waals surface area contributed by atoms with Crippen LogP contribution in [0.3, 0.4) is 0 Å². The van der Waals surface area contributed by atoms with E-state index in [0.29, 0.717) is 34.4 Å². The Morgan fingerprint density at radius 2 is 1.35 bits per heavy atom. The van der Waals surface area contributed by atoms with Gasteiger partial charge in [-0.2, -0.15) is 0 Å². The molecule has 2 aliphatic heterocycles. The van der Waals surface area contributed by atoms with Crippen LogP contribution < -0.4 is 9.80 Å². The third-order valence-corrected chi connectivity index (χ3v) is 7.60. The topological polar surface area (TPSA) is 43.9 Å². The van der Waals surface area contributed by atoms with Crippen LogP contribution in [0.5, 0.6) is 0 Å². The van der Waals surface area contributed by atoms with E-state index in [9.17, 15) is 9.59 Å². The minimum absolute atomic E-state index is 0.295. The number of para-hydroxylation sites is 1. The summed E-state index contributed by atoms with van der Waals surface area (Å²) in [6.45, 7) is 4.75. The first-order valence-electron chi connectivity index (χ1n) is 11.2. The summed E-state index contributed by atoms with van der Waals surface area (Å²) in [5.41, 5.74) is 3.03. The lowest BCUT2D eigenvalue weighted by Crippen LogP contribution is -2.47. The van der Waals surface area contributed by atoms with Crippen molar-refractivity contribution in [3.05, 3.63) is 100 Å². The Bertz CT molecular complexity index is 1260. The highest BCUT2D eigenvalue weighted by atomic mass is 35.5. The minimum Gasteiger partial charge on any atom is -0.368 e. The monoisotopic (exact) mass is 489 g/mol. The Morgan fingerprint density at radius 1 is 0.735 bits per heavy atom. The number of hydrogen-bond donors (Lipinski definition) is 0. The van der Waals surface area contributed by atoms with Crippen molar-refractivity contribution < 1.29 is 9.59 Å². The summed E-state index contributed by atoms with van der Waals surface area (Å²) in [5, 5.41) is 0.528. The Labute approximate surface area is 208 Å². The molecule has 0 N–H and O–H groups in total. The number of thioether (sulfide) groups is 1. The van der Waals surface area contributed by atoms with Crippen LogP contribution in [0.4, 0.5) is 11.4 Å². The smallest absolute Gasteiger partial charge is 0.283 e. The zero-order chi connectivity index (χ0) is 23.7. The molecular weight excluding hydrogens is 466 g/mol. The van der Waals surface area contributed by atoms with E-state index in [2.05, 4.69) is 21.9 Å². The first-order valence-corrected chi connectivity index (χ1v) is 12.4. The molecule has 5 rings (SSSR count). The summed E-state index contributed by atoms with van der Waals surface area (Å²) in [6.07, 6.45) is 0. The summed E-state index contributed by atoms with van der Waals surface area (Å²) in [6, 6.07) is 25.3. The number of benzene rings is 3. The Morgan fingerprint density at radius 3 is 2.00 bits per heavy atom. The number of hydrogen-bond acceptors (Lipinski definition) is 5. The second-order valence-electron chi connectivity index (χ2n) is 8.28. The van der Waals surface area contributed by atoms with Gasteiger partial charge in [-0.1, -0.05) is 65.8 Å². The predicted molar refractivity (Wildman–Crippen MR) is 138 cm³/mol. The van der Waals surface area contributed by atoms with Gasteiger partial charge in [0.2, 0.25) is 0 Å². The molecule has 2 heterocycles. The van der Waals surface area contributed by atoms with Crippen molar-refractivity contribution in [2.24, 2.45) is 0 Å². The van der Waals surface area contributed by atoms with Crippen LogP contribution in [0.25, 0.3) is 0 Å². The van der Waals surface area contributed by atoms with Crippen molar-refractivity contribution in [1.82, 2.24) is 4.90 Å². The average molecular weight is 490 g/mol. The highest BCUT2D eigenvalue weighted by molar-refractivity contribution is 8.04. The number of nitrogens with zero attached hydrogens (tertiary/aromatic N) is 3. The minimum atomic E-state index is -0.306. The van der Waals surface area contributed by atoms with E-state index in [-0.39, 0.29) is 11.8 Å². The molecule has 1 fully saturated rings. The fraction of sp³-hybridized carbons (Fsp3) is 0.185. The summed E-state index contributed by atoms with van der Waals surface area (Å²) >= 11 is 7.68. The fourth-order valence-corrected chi connectivity index (χ4v) is 5.45. The molecule has 5 nitrogen and oxygen atoms in total. The zero-order valence-corrected chi connectivity index (χ0v) is 20.4. The molecule has 0 aliphatic carbocycles. The molecule has 2 amide bonds. The van der Waals surface area contributed by atoms with E-state index in [4.69, 9.17) is 11.6 Å². The molecule has 0 saturated carbocycles. The molecule has 0 radical (unpaired) electrons. The van der Waals surface area contributed by atoms with E-state index in [1.54, 1.807) is 12.1 Å². The maximum Gasteiger partial charge on any atom is 0.283 e. The van der Waals surface area contributed by atoms with Crippen molar-refractivity contribution in [2.45, 2.75) is 11.8 Å². The SMILES string of the molecule is Cc1ccc(N2C(=O)C(Sc3ccccc3)=C(N3CCN(c4ccccc4)CC3)C2=O)cc1Cl. The van der Waals surface area contributed by atoms with Gasteiger partial charge in [0.1, 0.15) is 10.6 Å². The van der Waals surface area contributed by atoms with E-state index >= 15 is 0 Å². The second kappa shape index (κ2) is 9.57. The highest BCUT2D eigenvalue weighted by Crippen LogP contribution is 2.39. The normalized spacial score (nSPS) is 16.6. The Hall–Kier alpha value is -3.22. The van der Waals surface area contributed by atoms with Crippen molar-refractivity contribution >= 4 is 46.6 Å². The molecule has 0 bridgehead atoms. The summed E-state index contributed by atoms with van der Waals surface area (Å²) in [7, 11) is 0. The van der Waals surface area contributed by atoms with Crippen LogP contribution in [-0.4, -0.2) is 42.9 Å². The number of amides is 2. The molecule has 3 aromatic carbocycles. The van der Waals surface area contributed by atoms with Gasteiger partial charge in [0, 0.05) is 41.8 Å². The number of rotatable bonds is 5. The van der Waals surface area contributed by atoms with Gasteiger partial charge in [0.25, 0.3) is 11.8 Å². The molecule has 0 atom stereocenters. The van der Waals surface area contributed by atoms with Crippen LogP contribution >= 0.6 is 23.4 Å². The molecule has 0 aromatic heterocycles. The molecule has 0 spiro atoms. The van der Waals surface area contributed by atoms with E-state index in [1.807, 2.05) is 61.5 Å². The van der Waals surface area contributed by atoms with Crippen LogP contribution in [0, 0.1) is 6.92 Å². The van der Waals surface area contributed by atoms with Gasteiger partial charge < -0.3 is 9.80 Å². The average Bonchev–Trinajstić information content (AvgIpc) is 3.11. The molecule has 1 saturated heterocycles. The van der Waals surface area contributed by atoms with Gasteiger partial charge in [0.05, 0.1) is 5.69 Å². The van der Waals surface area contributed by atoms with Gasteiger partial charge >= 0.3 is 0 Å². The first-order chi connectivity index (χ1) is 16.5. The van der Waals surface area contributed by atoms with Gasteiger partial charge in [-0.25, -0.2) is 4.90 Å². The van der Waals surface area contributed by atoms with Crippen LogP contribution in [-0.2, 0) is 9.59 Å². The van der Waals surface area contributed by atoms with Crippen LogP contribution in [0.1, 0.15) is 5.56 Å². The number of carbonyl (C=O) groups excluding carboxylic acids is 2. The van der Waals surface area contributed by atoms with Crippen LogP contribution in [0.15, 0.2) is 94.4 Å². The lowest BCUT2D eigenvalue weighted by Gasteiger charge is -2.37. The molecule has 3 aromatic rings. The van der Waals surface area contributed by atoms with Gasteiger partial charge in [0.15, 0.2) is 0 Å². The maximum absolute atomic E-state index is 13.7. The van der Waals surface area contributed by atoms with E-state index < -0.39 is 0 Å². The second-order valence-corrected chi connectivity index (χ2v) is 9.77. The molecule has 34 heavy (non-hydrogen) atoms. The third kappa shape index (κ3) is 4.31. The highest BCUT2D eigenvalue weighted by Gasteiger charge is 2.43. The molecule has 2 aliphatic rings. The number of imide groups is 1. The lowest BCUT2D eigenvalue weighted by atomic mass is 10.2. The van der Waals surface area contributed by atoms with Gasteiger partial charge in [-0.3, -0.25) is 9.59 Å². The van der Waals surface area contributed by atoms with Crippen molar-refractivity contribution in [2.75, 3.05) is 36.0 Å². The van der Waals surface area contributed by atoms with Crippen molar-refractivity contribution in [3.8, 4) is 0 Å². The fourth-order valence-electron chi connectivity index (χ4n) is 4.26.